The molecule has 0 aliphatic carbocycles. The standard InChI is InChI=1S/C23H28N6S/c1-2-24-23(26-16-19-9-12-25-22(15-19)29-13-6-11-27-29)28-14-10-20(17-28)18-30-21-7-4-3-5-8-21/h3-9,11-13,15,20H,2,10,14,16-18H2,1H3,(H,24,26). The van der Waals surface area contributed by atoms with Gasteiger partial charge in [0.05, 0.1) is 6.54 Å². The highest BCUT2D eigenvalue weighted by atomic mass is 32.2. The van der Waals surface area contributed by atoms with Gasteiger partial charge in [0.2, 0.25) is 0 Å². The van der Waals surface area contributed by atoms with Crippen LogP contribution in [-0.2, 0) is 6.54 Å². The van der Waals surface area contributed by atoms with Crippen LogP contribution in [0.1, 0.15) is 18.9 Å². The number of hydrogen-bond acceptors (Lipinski definition) is 4. The second-order valence-corrected chi connectivity index (χ2v) is 8.46. The van der Waals surface area contributed by atoms with E-state index in [0.717, 1.165) is 42.7 Å². The van der Waals surface area contributed by atoms with Gasteiger partial charge in [-0.3, -0.25) is 0 Å². The molecular weight excluding hydrogens is 392 g/mol. The molecule has 1 atom stereocenters. The average molecular weight is 421 g/mol. The third kappa shape index (κ3) is 5.42. The van der Waals surface area contributed by atoms with Crippen LogP contribution in [-0.4, -0.2) is 51.0 Å². The number of aliphatic imine (C=N–C) groups is 1. The minimum absolute atomic E-state index is 0.624. The van der Waals surface area contributed by atoms with Gasteiger partial charge in [0.15, 0.2) is 11.8 Å². The molecule has 1 unspecified atom stereocenters. The van der Waals surface area contributed by atoms with E-state index in [1.807, 2.05) is 42.4 Å². The van der Waals surface area contributed by atoms with Gasteiger partial charge in [-0.05, 0) is 55.2 Å². The van der Waals surface area contributed by atoms with Crippen molar-refractivity contribution < 1.29 is 0 Å². The fourth-order valence-electron chi connectivity index (χ4n) is 3.57. The molecule has 0 saturated carbocycles. The lowest BCUT2D eigenvalue weighted by molar-refractivity contribution is 0.474. The van der Waals surface area contributed by atoms with Gasteiger partial charge in [0.25, 0.3) is 0 Å². The fourth-order valence-corrected chi connectivity index (χ4v) is 4.62. The Bertz CT molecular complexity index is 941. The molecule has 1 aliphatic heterocycles. The number of hydrogen-bond donors (Lipinski definition) is 1. The number of guanidine groups is 1. The summed E-state index contributed by atoms with van der Waals surface area (Å²) in [6.45, 7) is 5.73. The van der Waals surface area contributed by atoms with Crippen molar-refractivity contribution in [3.8, 4) is 5.82 Å². The summed E-state index contributed by atoms with van der Waals surface area (Å²) in [5.74, 6) is 3.66. The lowest BCUT2D eigenvalue weighted by atomic mass is 10.2. The Morgan fingerprint density at radius 1 is 1.20 bits per heavy atom. The van der Waals surface area contributed by atoms with Crippen LogP contribution in [0.4, 0.5) is 0 Å². The molecule has 0 bridgehead atoms. The van der Waals surface area contributed by atoms with Crippen molar-refractivity contribution in [3.05, 3.63) is 72.7 Å². The number of likely N-dealkylation sites (tertiary alicyclic amines) is 1. The normalized spacial score (nSPS) is 16.8. The van der Waals surface area contributed by atoms with Crippen LogP contribution in [0.5, 0.6) is 0 Å². The Hall–Kier alpha value is -2.80. The van der Waals surface area contributed by atoms with Gasteiger partial charge in [-0.25, -0.2) is 14.7 Å². The lowest BCUT2D eigenvalue weighted by Crippen LogP contribution is -2.40. The number of benzene rings is 1. The van der Waals surface area contributed by atoms with Crippen molar-refractivity contribution in [3.63, 3.8) is 0 Å². The van der Waals surface area contributed by atoms with E-state index < -0.39 is 0 Å². The fraction of sp³-hybridized carbons (Fsp3) is 0.348. The monoisotopic (exact) mass is 420 g/mol. The number of nitrogens with zero attached hydrogens (tertiary/aromatic N) is 5. The van der Waals surface area contributed by atoms with E-state index in [1.165, 1.54) is 11.3 Å². The number of pyridine rings is 1. The predicted octanol–water partition coefficient (Wildman–Crippen LogP) is 3.85. The second-order valence-electron chi connectivity index (χ2n) is 7.37. The molecule has 156 valence electrons. The highest BCUT2D eigenvalue weighted by molar-refractivity contribution is 7.99. The van der Waals surface area contributed by atoms with Crippen LogP contribution in [0.15, 0.2) is 77.0 Å². The topological polar surface area (TPSA) is 58.3 Å². The molecule has 0 spiro atoms. The maximum absolute atomic E-state index is 4.91. The highest BCUT2D eigenvalue weighted by Gasteiger charge is 2.24. The van der Waals surface area contributed by atoms with Crippen molar-refractivity contribution in [2.45, 2.75) is 24.8 Å². The molecule has 6 nitrogen and oxygen atoms in total. The van der Waals surface area contributed by atoms with E-state index in [-0.39, 0.29) is 0 Å². The van der Waals surface area contributed by atoms with Gasteiger partial charge < -0.3 is 10.2 Å². The first-order valence-electron chi connectivity index (χ1n) is 10.5. The molecule has 0 radical (unpaired) electrons. The van der Waals surface area contributed by atoms with E-state index >= 15 is 0 Å². The molecule has 1 aromatic carbocycles. The maximum atomic E-state index is 4.91. The zero-order valence-electron chi connectivity index (χ0n) is 17.3. The van der Waals surface area contributed by atoms with Crippen LogP contribution in [0.3, 0.4) is 0 Å². The molecule has 4 rings (SSSR count). The lowest BCUT2D eigenvalue weighted by Gasteiger charge is -2.21. The number of rotatable bonds is 7. The van der Waals surface area contributed by atoms with Gasteiger partial charge in [-0.15, -0.1) is 11.8 Å². The van der Waals surface area contributed by atoms with Gasteiger partial charge >= 0.3 is 0 Å². The summed E-state index contributed by atoms with van der Waals surface area (Å²) in [5.41, 5.74) is 1.13. The SMILES string of the molecule is CCNC(=NCc1ccnc(-n2cccn2)c1)N1CCC(CSc2ccccc2)C1. The summed E-state index contributed by atoms with van der Waals surface area (Å²) in [4.78, 5) is 13.1. The Morgan fingerprint density at radius 2 is 2.10 bits per heavy atom. The molecule has 3 heterocycles. The third-order valence-corrected chi connectivity index (χ3v) is 6.35. The van der Waals surface area contributed by atoms with Crippen LogP contribution in [0.25, 0.3) is 5.82 Å². The smallest absolute Gasteiger partial charge is 0.194 e. The molecule has 1 N–H and O–H groups in total. The number of nitrogens with one attached hydrogen (secondary N) is 1. The van der Waals surface area contributed by atoms with Crippen LogP contribution in [0.2, 0.25) is 0 Å². The first-order chi connectivity index (χ1) is 14.8. The van der Waals surface area contributed by atoms with Crippen LogP contribution in [0, 0.1) is 5.92 Å². The summed E-state index contributed by atoms with van der Waals surface area (Å²) in [5, 5.41) is 7.73. The summed E-state index contributed by atoms with van der Waals surface area (Å²) in [6, 6.07) is 16.6. The van der Waals surface area contributed by atoms with Gasteiger partial charge in [0, 0.05) is 48.9 Å². The zero-order valence-corrected chi connectivity index (χ0v) is 18.1. The number of aromatic nitrogens is 3. The largest absolute Gasteiger partial charge is 0.357 e. The van der Waals surface area contributed by atoms with E-state index in [4.69, 9.17) is 4.99 Å². The van der Waals surface area contributed by atoms with E-state index in [1.54, 1.807) is 10.9 Å². The van der Waals surface area contributed by atoms with Crippen molar-refractivity contribution >= 4 is 17.7 Å². The Morgan fingerprint density at radius 3 is 2.90 bits per heavy atom. The summed E-state index contributed by atoms with van der Waals surface area (Å²) in [6.07, 6.45) is 6.69. The molecule has 1 fully saturated rings. The van der Waals surface area contributed by atoms with E-state index in [2.05, 4.69) is 57.6 Å². The van der Waals surface area contributed by atoms with Crippen molar-refractivity contribution in [1.82, 2.24) is 25.0 Å². The zero-order chi connectivity index (χ0) is 20.6. The second kappa shape index (κ2) is 10.3. The molecule has 2 aromatic heterocycles. The van der Waals surface area contributed by atoms with Crippen LogP contribution >= 0.6 is 11.8 Å². The minimum Gasteiger partial charge on any atom is -0.357 e. The van der Waals surface area contributed by atoms with E-state index in [0.29, 0.717) is 12.5 Å². The summed E-state index contributed by atoms with van der Waals surface area (Å²) >= 11 is 1.95. The highest BCUT2D eigenvalue weighted by Crippen LogP contribution is 2.26. The van der Waals surface area contributed by atoms with Gasteiger partial charge in [-0.1, -0.05) is 18.2 Å². The summed E-state index contributed by atoms with van der Waals surface area (Å²) < 4.78 is 1.77. The molecule has 1 saturated heterocycles. The van der Waals surface area contributed by atoms with Crippen LogP contribution < -0.4 is 5.32 Å². The van der Waals surface area contributed by atoms with Crippen molar-refractivity contribution in [1.29, 1.82) is 0 Å². The summed E-state index contributed by atoms with van der Waals surface area (Å²) in [7, 11) is 0. The van der Waals surface area contributed by atoms with Crippen molar-refractivity contribution in [2.75, 3.05) is 25.4 Å². The Balaban J connectivity index is 1.36. The van der Waals surface area contributed by atoms with Crippen molar-refractivity contribution in [2.24, 2.45) is 10.9 Å². The minimum atomic E-state index is 0.624. The maximum Gasteiger partial charge on any atom is 0.194 e. The Kier molecular flexibility index (Phi) is 7.03. The van der Waals surface area contributed by atoms with E-state index in [9.17, 15) is 0 Å². The molecule has 30 heavy (non-hydrogen) atoms. The average Bonchev–Trinajstić information content (AvgIpc) is 3.49. The van der Waals surface area contributed by atoms with Gasteiger partial charge in [-0.2, -0.15) is 5.10 Å². The predicted molar refractivity (Wildman–Crippen MR) is 123 cm³/mol. The molecule has 1 aliphatic rings. The molecule has 7 heteroatoms. The first-order valence-corrected chi connectivity index (χ1v) is 11.5. The quantitative estimate of drug-likeness (QED) is 0.357. The first kappa shape index (κ1) is 20.5. The van der Waals surface area contributed by atoms with Gasteiger partial charge in [0.1, 0.15) is 0 Å². The molecule has 0 amide bonds. The molecule has 3 aromatic rings. The molecular formula is C23H28N6S. The third-order valence-electron chi connectivity index (χ3n) is 5.11. The number of thioether (sulfide) groups is 1. The Labute approximate surface area is 182 Å².